The Morgan fingerprint density at radius 2 is 1.58 bits per heavy atom. The van der Waals surface area contributed by atoms with Crippen LogP contribution in [-0.4, -0.2) is 7.05 Å². The van der Waals surface area contributed by atoms with Crippen LogP contribution in [0.1, 0.15) is 23.1 Å². The lowest BCUT2D eigenvalue weighted by atomic mass is 9.99. The third kappa shape index (κ3) is 4.10. The molecule has 0 spiro atoms. The first-order valence-corrected chi connectivity index (χ1v) is 10.8. The molecule has 0 unspecified atom stereocenters. The lowest BCUT2D eigenvalue weighted by Gasteiger charge is -2.22. The molecule has 3 aromatic rings. The highest BCUT2D eigenvalue weighted by atomic mass is 15.1. The van der Waals surface area contributed by atoms with E-state index in [1.807, 2.05) is 6.08 Å². The molecule has 0 radical (unpaired) electrons. The molecule has 1 heteroatoms. The SMILES string of the molecule is CN(C1=C(c2ccccc2)CC(C2=C=CC=C2)=C1)c1cccc(Cc2ccccc2)c1. The van der Waals surface area contributed by atoms with E-state index in [1.165, 1.54) is 44.8 Å². The summed E-state index contributed by atoms with van der Waals surface area (Å²) in [7, 11) is 2.17. The highest BCUT2D eigenvalue weighted by molar-refractivity contribution is 5.82. The van der Waals surface area contributed by atoms with Crippen molar-refractivity contribution in [3.8, 4) is 0 Å². The van der Waals surface area contributed by atoms with Crippen LogP contribution in [0.4, 0.5) is 5.69 Å². The molecule has 2 aliphatic rings. The van der Waals surface area contributed by atoms with E-state index in [-0.39, 0.29) is 0 Å². The zero-order valence-electron chi connectivity index (χ0n) is 17.8. The molecular formula is C30H25N. The summed E-state index contributed by atoms with van der Waals surface area (Å²) < 4.78 is 0. The molecule has 0 aromatic heterocycles. The van der Waals surface area contributed by atoms with Crippen LogP contribution >= 0.6 is 0 Å². The third-order valence-electron chi connectivity index (χ3n) is 5.96. The highest BCUT2D eigenvalue weighted by Gasteiger charge is 2.22. The molecular weight excluding hydrogens is 374 g/mol. The predicted octanol–water partition coefficient (Wildman–Crippen LogP) is 7.11. The van der Waals surface area contributed by atoms with E-state index >= 15 is 0 Å². The largest absolute Gasteiger partial charge is 0.344 e. The van der Waals surface area contributed by atoms with Crippen molar-refractivity contribution in [2.45, 2.75) is 12.8 Å². The minimum atomic E-state index is 0.925. The second-order valence-electron chi connectivity index (χ2n) is 8.05. The predicted molar refractivity (Wildman–Crippen MR) is 131 cm³/mol. The van der Waals surface area contributed by atoms with E-state index in [9.17, 15) is 0 Å². The number of benzene rings is 3. The Morgan fingerprint density at radius 3 is 2.32 bits per heavy atom. The number of anilines is 1. The van der Waals surface area contributed by atoms with Gasteiger partial charge in [0.15, 0.2) is 0 Å². The lowest BCUT2D eigenvalue weighted by molar-refractivity contribution is 1.12. The van der Waals surface area contributed by atoms with E-state index in [4.69, 9.17) is 0 Å². The van der Waals surface area contributed by atoms with Crippen LogP contribution in [0.15, 0.2) is 132 Å². The van der Waals surface area contributed by atoms with Crippen molar-refractivity contribution in [2.24, 2.45) is 0 Å². The molecule has 0 heterocycles. The first-order valence-electron chi connectivity index (χ1n) is 10.8. The number of likely N-dealkylation sites (N-methyl/N-ethyl adjacent to an activating group) is 1. The minimum absolute atomic E-state index is 0.925. The molecule has 0 aliphatic heterocycles. The Kier molecular flexibility index (Phi) is 5.27. The monoisotopic (exact) mass is 399 g/mol. The number of allylic oxidation sites excluding steroid dienone is 6. The van der Waals surface area contributed by atoms with Crippen LogP contribution in [0, 0.1) is 0 Å². The van der Waals surface area contributed by atoms with E-state index in [1.54, 1.807) is 0 Å². The van der Waals surface area contributed by atoms with E-state index in [0.717, 1.165) is 12.8 Å². The van der Waals surface area contributed by atoms with Crippen molar-refractivity contribution in [3.63, 3.8) is 0 Å². The van der Waals surface area contributed by atoms with Gasteiger partial charge < -0.3 is 4.90 Å². The topological polar surface area (TPSA) is 3.24 Å². The summed E-state index contributed by atoms with van der Waals surface area (Å²) in [5.41, 5.74) is 13.7. The quantitative estimate of drug-likeness (QED) is 0.399. The third-order valence-corrected chi connectivity index (χ3v) is 5.96. The summed E-state index contributed by atoms with van der Waals surface area (Å²) in [4.78, 5) is 2.33. The van der Waals surface area contributed by atoms with Crippen molar-refractivity contribution in [2.75, 3.05) is 11.9 Å². The van der Waals surface area contributed by atoms with Crippen molar-refractivity contribution < 1.29 is 0 Å². The zero-order valence-corrected chi connectivity index (χ0v) is 17.8. The number of hydrogen-bond donors (Lipinski definition) is 0. The molecule has 0 amide bonds. The molecule has 5 rings (SSSR count). The van der Waals surface area contributed by atoms with Gasteiger partial charge in [-0.25, -0.2) is 0 Å². The molecule has 31 heavy (non-hydrogen) atoms. The fourth-order valence-electron chi connectivity index (χ4n) is 4.32. The molecule has 3 aromatic carbocycles. The van der Waals surface area contributed by atoms with Gasteiger partial charge in [0, 0.05) is 30.4 Å². The first kappa shape index (κ1) is 19.2. The van der Waals surface area contributed by atoms with Crippen molar-refractivity contribution in [1.29, 1.82) is 0 Å². The van der Waals surface area contributed by atoms with Gasteiger partial charge in [-0.3, -0.25) is 0 Å². The highest BCUT2D eigenvalue weighted by Crippen LogP contribution is 2.39. The summed E-state index contributed by atoms with van der Waals surface area (Å²) in [5.74, 6) is 0. The van der Waals surface area contributed by atoms with Crippen molar-refractivity contribution in [1.82, 2.24) is 0 Å². The van der Waals surface area contributed by atoms with Gasteiger partial charge in [0.05, 0.1) is 0 Å². The van der Waals surface area contributed by atoms with Gasteiger partial charge in [-0.1, -0.05) is 78.9 Å². The maximum atomic E-state index is 3.37. The Bertz CT molecular complexity index is 1250. The fraction of sp³-hybridized carbons (Fsp3) is 0.100. The van der Waals surface area contributed by atoms with Gasteiger partial charge in [-0.15, -0.1) is 5.73 Å². The average Bonchev–Trinajstić information content (AvgIpc) is 3.50. The smallest absolute Gasteiger partial charge is 0.0453 e. The Hall–Kier alpha value is -3.80. The first-order chi connectivity index (χ1) is 15.3. The molecule has 0 N–H and O–H groups in total. The normalized spacial score (nSPS) is 14.7. The second-order valence-corrected chi connectivity index (χ2v) is 8.05. The Balaban J connectivity index is 1.50. The summed E-state index contributed by atoms with van der Waals surface area (Å²) in [5, 5.41) is 0. The van der Waals surface area contributed by atoms with Crippen LogP contribution in [0.3, 0.4) is 0 Å². The maximum Gasteiger partial charge on any atom is 0.0453 e. The fourth-order valence-corrected chi connectivity index (χ4v) is 4.32. The average molecular weight is 400 g/mol. The Morgan fingerprint density at radius 1 is 0.839 bits per heavy atom. The number of hydrogen-bond acceptors (Lipinski definition) is 1. The van der Waals surface area contributed by atoms with Crippen LogP contribution in [-0.2, 0) is 6.42 Å². The molecule has 0 saturated heterocycles. The van der Waals surface area contributed by atoms with Crippen molar-refractivity contribution >= 4 is 11.3 Å². The molecule has 0 saturated carbocycles. The summed E-state index contributed by atoms with van der Waals surface area (Å²) in [6, 6.07) is 30.3. The van der Waals surface area contributed by atoms with Crippen LogP contribution in [0.2, 0.25) is 0 Å². The molecule has 150 valence electrons. The van der Waals surface area contributed by atoms with Gasteiger partial charge in [0.2, 0.25) is 0 Å². The Labute approximate surface area is 184 Å². The lowest BCUT2D eigenvalue weighted by Crippen LogP contribution is -2.15. The van der Waals surface area contributed by atoms with Gasteiger partial charge in [-0.2, -0.15) is 0 Å². The van der Waals surface area contributed by atoms with Gasteiger partial charge >= 0.3 is 0 Å². The maximum absolute atomic E-state index is 3.37. The minimum Gasteiger partial charge on any atom is -0.344 e. The standard InChI is InChI=1S/C30H25N/c1-31(28-18-10-13-24(20-28)19-23-11-4-2-5-12-23)30-22-27(25-14-8-9-15-25)21-29(30)26-16-6-3-7-17-26/h2-14,16-18,20,22H,19,21H2,1H3. The van der Waals surface area contributed by atoms with E-state index in [2.05, 4.69) is 121 Å². The molecule has 0 fully saturated rings. The van der Waals surface area contributed by atoms with Crippen LogP contribution < -0.4 is 4.90 Å². The van der Waals surface area contributed by atoms with Crippen LogP contribution in [0.25, 0.3) is 5.57 Å². The molecule has 0 atom stereocenters. The summed E-state index contributed by atoms with van der Waals surface area (Å²) in [6.45, 7) is 0. The van der Waals surface area contributed by atoms with Gasteiger partial charge in [-0.05, 0) is 64.6 Å². The van der Waals surface area contributed by atoms with Gasteiger partial charge in [0.1, 0.15) is 0 Å². The summed E-state index contributed by atoms with van der Waals surface area (Å²) in [6.07, 6.45) is 10.4. The second kappa shape index (κ2) is 8.52. The van der Waals surface area contributed by atoms with E-state index < -0.39 is 0 Å². The molecule has 1 nitrogen and oxygen atoms in total. The van der Waals surface area contributed by atoms with E-state index in [0.29, 0.717) is 0 Å². The number of rotatable bonds is 6. The van der Waals surface area contributed by atoms with Gasteiger partial charge in [0.25, 0.3) is 0 Å². The zero-order chi connectivity index (χ0) is 21.0. The van der Waals surface area contributed by atoms with Crippen molar-refractivity contribution in [3.05, 3.63) is 148 Å². The molecule has 2 aliphatic carbocycles. The number of nitrogens with zero attached hydrogens (tertiary/aromatic N) is 1. The van der Waals surface area contributed by atoms with Crippen LogP contribution in [0.5, 0.6) is 0 Å². The summed E-state index contributed by atoms with van der Waals surface area (Å²) >= 11 is 0. The molecule has 0 bridgehead atoms.